The second kappa shape index (κ2) is 7.47. The molecule has 0 saturated carbocycles. The van der Waals surface area contributed by atoms with Gasteiger partial charge in [-0.3, -0.25) is 4.79 Å². The van der Waals surface area contributed by atoms with E-state index in [1.807, 2.05) is 13.8 Å². The molecule has 1 unspecified atom stereocenters. The van der Waals surface area contributed by atoms with Crippen LogP contribution in [0.4, 0.5) is 0 Å². The Morgan fingerprint density at radius 1 is 1.56 bits per heavy atom. The van der Waals surface area contributed by atoms with E-state index in [9.17, 15) is 4.79 Å². The maximum Gasteiger partial charge on any atom is 0.220 e. The molecule has 0 aromatic rings. The van der Waals surface area contributed by atoms with E-state index in [4.69, 9.17) is 5.73 Å². The maximum atomic E-state index is 10.2. The molecule has 0 rings (SSSR count). The van der Waals surface area contributed by atoms with E-state index in [-0.39, 0.29) is 26.7 Å². The zero-order valence-corrected chi connectivity index (χ0v) is 4.77. The van der Waals surface area contributed by atoms with E-state index in [2.05, 4.69) is 0 Å². The summed E-state index contributed by atoms with van der Waals surface area (Å²) >= 11 is 0. The first kappa shape index (κ1) is 15.8. The van der Waals surface area contributed by atoms with Gasteiger partial charge in [0.15, 0.2) is 0 Å². The van der Waals surface area contributed by atoms with Crippen LogP contribution >= 0.6 is 0 Å². The van der Waals surface area contributed by atoms with Gasteiger partial charge in [0.2, 0.25) is 5.91 Å². The largest absolute Gasteiger partial charge is 0.369 e. The van der Waals surface area contributed by atoms with Crippen LogP contribution in [0.3, 0.4) is 0 Å². The molecule has 2 heteroatoms. The lowest BCUT2D eigenvalue weighted by molar-refractivity contribution is -0.121. The fourth-order valence-electron chi connectivity index (χ4n) is 0.201. The van der Waals surface area contributed by atoms with Crippen molar-refractivity contribution in [1.29, 1.82) is 0 Å². The summed E-state index contributed by atoms with van der Waals surface area (Å²) in [5.41, 5.74) is 4.91. The standard InChI is InChI=1S/C5H11NO.2CH4/c1-3-4(2)5(6)7;;/h4H,3H2,1-2H3,(H2,6,7);2*1H4. The highest BCUT2D eigenvalue weighted by Gasteiger charge is 2.02. The molecule has 0 heterocycles. The Hall–Kier alpha value is -0.530. The van der Waals surface area contributed by atoms with Gasteiger partial charge in [-0.2, -0.15) is 0 Å². The highest BCUT2D eigenvalue weighted by Crippen LogP contribution is 1.96. The summed E-state index contributed by atoms with van der Waals surface area (Å²) in [6.07, 6.45) is 0.843. The SMILES string of the molecule is C.C.CCC(C)C(N)=O. The van der Waals surface area contributed by atoms with E-state index < -0.39 is 0 Å². The summed E-state index contributed by atoms with van der Waals surface area (Å²) in [5.74, 6) is -0.164. The fourth-order valence-corrected chi connectivity index (χ4v) is 0.201. The van der Waals surface area contributed by atoms with Crippen molar-refractivity contribution in [2.24, 2.45) is 11.7 Å². The molecule has 0 aromatic carbocycles. The Bertz CT molecular complexity index is 71.3. The first-order valence-electron chi connectivity index (χ1n) is 2.47. The summed E-state index contributed by atoms with van der Waals surface area (Å²) in [7, 11) is 0. The summed E-state index contributed by atoms with van der Waals surface area (Å²) in [4.78, 5) is 10.2. The summed E-state index contributed by atoms with van der Waals surface area (Å²) < 4.78 is 0. The molecular weight excluding hydrogens is 114 g/mol. The van der Waals surface area contributed by atoms with E-state index in [1.54, 1.807) is 0 Å². The molecule has 0 fully saturated rings. The van der Waals surface area contributed by atoms with Gasteiger partial charge in [-0.05, 0) is 6.42 Å². The second-order valence-corrected chi connectivity index (χ2v) is 1.71. The van der Waals surface area contributed by atoms with E-state index >= 15 is 0 Å². The number of carbonyl (C=O) groups is 1. The maximum absolute atomic E-state index is 10.2. The Labute approximate surface area is 58.4 Å². The zero-order valence-electron chi connectivity index (χ0n) is 4.77. The quantitative estimate of drug-likeness (QED) is 0.613. The second-order valence-electron chi connectivity index (χ2n) is 1.71. The molecule has 0 spiro atoms. The van der Waals surface area contributed by atoms with Crippen LogP contribution in [0.15, 0.2) is 0 Å². The van der Waals surface area contributed by atoms with Gasteiger partial charge >= 0.3 is 0 Å². The first-order chi connectivity index (χ1) is 3.18. The van der Waals surface area contributed by atoms with Gasteiger partial charge in [-0.25, -0.2) is 0 Å². The van der Waals surface area contributed by atoms with Crippen LogP contribution in [-0.4, -0.2) is 5.91 Å². The number of carbonyl (C=O) groups excluding carboxylic acids is 1. The molecular formula is C7H19NO. The predicted octanol–water partition coefficient (Wildman–Crippen LogP) is 1.79. The molecule has 0 aliphatic rings. The minimum atomic E-state index is -0.206. The van der Waals surface area contributed by atoms with Gasteiger partial charge in [-0.1, -0.05) is 28.7 Å². The van der Waals surface area contributed by atoms with Crippen LogP contribution in [0.1, 0.15) is 35.1 Å². The van der Waals surface area contributed by atoms with Crippen molar-refractivity contribution in [1.82, 2.24) is 0 Å². The smallest absolute Gasteiger partial charge is 0.220 e. The average molecular weight is 133 g/mol. The van der Waals surface area contributed by atoms with Crippen LogP contribution in [0.5, 0.6) is 0 Å². The topological polar surface area (TPSA) is 43.1 Å². The molecule has 1 atom stereocenters. The predicted molar refractivity (Wildman–Crippen MR) is 42.1 cm³/mol. The Balaban J connectivity index is -0.000000180. The normalized spacial score (nSPS) is 10.4. The van der Waals surface area contributed by atoms with Crippen molar-refractivity contribution in [3.63, 3.8) is 0 Å². The lowest BCUT2D eigenvalue weighted by atomic mass is 10.1. The minimum absolute atomic E-state index is 0. The number of hydrogen-bond acceptors (Lipinski definition) is 1. The molecule has 0 bridgehead atoms. The number of rotatable bonds is 2. The van der Waals surface area contributed by atoms with Gasteiger partial charge in [-0.15, -0.1) is 0 Å². The molecule has 9 heavy (non-hydrogen) atoms. The Kier molecular flexibility index (Phi) is 13.1. The number of hydrogen-bond donors (Lipinski definition) is 1. The third-order valence-electron chi connectivity index (χ3n) is 1.10. The van der Waals surface area contributed by atoms with Gasteiger partial charge in [0.25, 0.3) is 0 Å². The van der Waals surface area contributed by atoms with Gasteiger partial charge in [0.05, 0.1) is 0 Å². The van der Waals surface area contributed by atoms with Crippen LogP contribution in [0.25, 0.3) is 0 Å². The summed E-state index contributed by atoms with van der Waals surface area (Å²) in [6, 6.07) is 0. The molecule has 2 nitrogen and oxygen atoms in total. The molecule has 0 saturated heterocycles. The molecule has 1 amide bonds. The molecule has 58 valence electrons. The van der Waals surface area contributed by atoms with Crippen LogP contribution < -0.4 is 5.73 Å². The van der Waals surface area contributed by atoms with Crippen molar-refractivity contribution in [2.45, 2.75) is 35.1 Å². The van der Waals surface area contributed by atoms with E-state index in [1.165, 1.54) is 0 Å². The Morgan fingerprint density at radius 3 is 1.89 bits per heavy atom. The average Bonchev–Trinajstić information content (AvgIpc) is 1.65. The fraction of sp³-hybridized carbons (Fsp3) is 0.857. The molecule has 0 aliphatic carbocycles. The van der Waals surface area contributed by atoms with Crippen LogP contribution in [-0.2, 0) is 4.79 Å². The molecule has 0 radical (unpaired) electrons. The third-order valence-corrected chi connectivity index (χ3v) is 1.10. The molecule has 0 aliphatic heterocycles. The van der Waals surface area contributed by atoms with Gasteiger partial charge < -0.3 is 5.73 Å². The first-order valence-corrected chi connectivity index (χ1v) is 2.47. The Morgan fingerprint density at radius 2 is 1.89 bits per heavy atom. The van der Waals surface area contributed by atoms with Crippen molar-refractivity contribution in [3.05, 3.63) is 0 Å². The molecule has 2 N–H and O–H groups in total. The summed E-state index contributed by atoms with van der Waals surface area (Å²) in [5, 5.41) is 0. The van der Waals surface area contributed by atoms with Crippen molar-refractivity contribution < 1.29 is 4.79 Å². The van der Waals surface area contributed by atoms with Gasteiger partial charge in [0, 0.05) is 5.92 Å². The van der Waals surface area contributed by atoms with E-state index in [0.29, 0.717) is 0 Å². The third kappa shape index (κ3) is 7.47. The number of primary amides is 1. The number of nitrogens with two attached hydrogens (primary N) is 1. The summed E-state index contributed by atoms with van der Waals surface area (Å²) in [6.45, 7) is 3.76. The van der Waals surface area contributed by atoms with Gasteiger partial charge in [0.1, 0.15) is 0 Å². The van der Waals surface area contributed by atoms with E-state index in [0.717, 1.165) is 6.42 Å². The monoisotopic (exact) mass is 133 g/mol. The van der Waals surface area contributed by atoms with Crippen LogP contribution in [0, 0.1) is 5.92 Å². The lowest BCUT2D eigenvalue weighted by Crippen LogP contribution is -2.19. The lowest BCUT2D eigenvalue weighted by Gasteiger charge is -1.98. The molecule has 0 aromatic heterocycles. The minimum Gasteiger partial charge on any atom is -0.369 e. The van der Waals surface area contributed by atoms with Crippen molar-refractivity contribution in [2.75, 3.05) is 0 Å². The number of amides is 1. The highest BCUT2D eigenvalue weighted by molar-refractivity contribution is 5.76. The highest BCUT2D eigenvalue weighted by atomic mass is 16.1. The van der Waals surface area contributed by atoms with Crippen LogP contribution in [0.2, 0.25) is 0 Å². The zero-order chi connectivity index (χ0) is 5.86. The van der Waals surface area contributed by atoms with Crippen molar-refractivity contribution in [3.8, 4) is 0 Å². The van der Waals surface area contributed by atoms with Crippen molar-refractivity contribution >= 4 is 5.91 Å².